The summed E-state index contributed by atoms with van der Waals surface area (Å²) < 4.78 is 0. The van der Waals surface area contributed by atoms with Crippen LogP contribution in [0.15, 0.2) is 36.4 Å². The number of hydrogen-bond donors (Lipinski definition) is 2. The van der Waals surface area contributed by atoms with E-state index in [0.717, 1.165) is 22.8 Å². The number of nitrogens with one attached hydrogen (secondary N) is 1. The van der Waals surface area contributed by atoms with Crippen molar-refractivity contribution < 1.29 is 9.90 Å². The first-order valence-electron chi connectivity index (χ1n) is 8.90. The van der Waals surface area contributed by atoms with Gasteiger partial charge in [0.15, 0.2) is 0 Å². The van der Waals surface area contributed by atoms with Crippen LogP contribution in [0.4, 0.5) is 5.69 Å². The van der Waals surface area contributed by atoms with Crippen molar-refractivity contribution in [1.29, 1.82) is 0 Å². The summed E-state index contributed by atoms with van der Waals surface area (Å²) in [4.78, 5) is 13.1. The second-order valence-corrected chi connectivity index (χ2v) is 7.65. The Morgan fingerprint density at radius 2 is 1.96 bits per heavy atom. The molecule has 26 heavy (non-hydrogen) atoms. The SMILES string of the molecule is Cc1cc(C(C)Nc2ccc(C)c(CN3CC(C(=O)O)C3)c2)ccc1Cl. The molecular weight excluding hydrogens is 348 g/mol. The molecule has 1 aliphatic rings. The van der Waals surface area contributed by atoms with Crippen molar-refractivity contribution >= 4 is 23.3 Å². The van der Waals surface area contributed by atoms with Gasteiger partial charge in [-0.1, -0.05) is 29.8 Å². The molecule has 1 atom stereocenters. The molecular formula is C21H25ClN2O2. The van der Waals surface area contributed by atoms with Gasteiger partial charge in [0.2, 0.25) is 0 Å². The average Bonchev–Trinajstić information content (AvgIpc) is 2.55. The fourth-order valence-electron chi connectivity index (χ4n) is 3.30. The summed E-state index contributed by atoms with van der Waals surface area (Å²) >= 11 is 6.12. The molecule has 0 radical (unpaired) electrons. The standard InChI is InChI=1S/C21H25ClN2O2/c1-13-4-6-19(9-17(13)10-24-11-18(12-24)21(25)26)23-15(3)16-5-7-20(22)14(2)8-16/h4-9,15,18,23H,10-12H2,1-3H3,(H,25,26). The number of anilines is 1. The third kappa shape index (κ3) is 4.19. The highest BCUT2D eigenvalue weighted by Crippen LogP contribution is 2.26. The van der Waals surface area contributed by atoms with Gasteiger partial charge in [-0.3, -0.25) is 9.69 Å². The Kier molecular flexibility index (Phi) is 5.54. The number of rotatable bonds is 6. The molecule has 138 valence electrons. The zero-order valence-electron chi connectivity index (χ0n) is 15.4. The molecule has 0 bridgehead atoms. The number of carbonyl (C=O) groups is 1. The summed E-state index contributed by atoms with van der Waals surface area (Å²) in [6.07, 6.45) is 0. The van der Waals surface area contributed by atoms with E-state index in [1.54, 1.807) is 0 Å². The van der Waals surface area contributed by atoms with Gasteiger partial charge < -0.3 is 10.4 Å². The lowest BCUT2D eigenvalue weighted by Gasteiger charge is -2.37. The first-order valence-corrected chi connectivity index (χ1v) is 9.28. The number of nitrogens with zero attached hydrogens (tertiary/aromatic N) is 1. The monoisotopic (exact) mass is 372 g/mol. The van der Waals surface area contributed by atoms with Gasteiger partial charge in [0.25, 0.3) is 0 Å². The predicted octanol–water partition coefficient (Wildman–Crippen LogP) is 4.65. The number of likely N-dealkylation sites (tertiary alicyclic amines) is 1. The quantitative estimate of drug-likeness (QED) is 0.775. The molecule has 5 heteroatoms. The third-order valence-corrected chi connectivity index (χ3v) is 5.54. The van der Waals surface area contributed by atoms with Crippen molar-refractivity contribution in [3.8, 4) is 0 Å². The number of carboxylic acid groups (broad SMARTS) is 1. The number of hydrogen-bond acceptors (Lipinski definition) is 3. The molecule has 1 heterocycles. The van der Waals surface area contributed by atoms with Crippen LogP contribution in [0.2, 0.25) is 5.02 Å². The molecule has 3 rings (SSSR count). The first kappa shape index (κ1) is 18.7. The number of halogens is 1. The van der Waals surface area contributed by atoms with Gasteiger partial charge in [0.1, 0.15) is 0 Å². The van der Waals surface area contributed by atoms with Crippen molar-refractivity contribution in [3.05, 3.63) is 63.7 Å². The van der Waals surface area contributed by atoms with Gasteiger partial charge in [-0.25, -0.2) is 0 Å². The summed E-state index contributed by atoms with van der Waals surface area (Å²) in [5.41, 5.74) is 5.80. The second kappa shape index (κ2) is 7.68. The van der Waals surface area contributed by atoms with Crippen molar-refractivity contribution in [1.82, 2.24) is 4.90 Å². The molecule has 0 spiro atoms. The first-order chi connectivity index (χ1) is 12.3. The zero-order valence-corrected chi connectivity index (χ0v) is 16.2. The van der Waals surface area contributed by atoms with Gasteiger partial charge >= 0.3 is 5.97 Å². The molecule has 4 nitrogen and oxygen atoms in total. The maximum atomic E-state index is 11.0. The summed E-state index contributed by atoms with van der Waals surface area (Å²) in [5, 5.41) is 13.4. The fourth-order valence-corrected chi connectivity index (χ4v) is 3.42. The van der Waals surface area contributed by atoms with Crippen LogP contribution < -0.4 is 5.32 Å². The molecule has 2 aromatic rings. The van der Waals surface area contributed by atoms with Crippen molar-refractivity contribution in [3.63, 3.8) is 0 Å². The van der Waals surface area contributed by atoms with Crippen molar-refractivity contribution in [2.75, 3.05) is 18.4 Å². The lowest BCUT2D eigenvalue weighted by molar-refractivity contribution is -0.147. The minimum Gasteiger partial charge on any atom is -0.481 e. The van der Waals surface area contributed by atoms with Crippen molar-refractivity contribution in [2.24, 2.45) is 5.92 Å². The van der Waals surface area contributed by atoms with Crippen molar-refractivity contribution in [2.45, 2.75) is 33.4 Å². The minimum absolute atomic E-state index is 0.168. The Labute approximate surface area is 159 Å². The van der Waals surface area contributed by atoms with Crippen LogP contribution in [-0.2, 0) is 11.3 Å². The van der Waals surface area contributed by atoms with E-state index in [9.17, 15) is 4.79 Å². The van der Waals surface area contributed by atoms with Crippen LogP contribution >= 0.6 is 11.6 Å². The number of aliphatic carboxylic acids is 1. The second-order valence-electron chi connectivity index (χ2n) is 7.25. The minimum atomic E-state index is -0.694. The Balaban J connectivity index is 1.67. The molecule has 2 N–H and O–H groups in total. The molecule has 1 unspecified atom stereocenters. The lowest BCUT2D eigenvalue weighted by Crippen LogP contribution is -2.49. The van der Waals surface area contributed by atoms with Crippen LogP contribution in [0.1, 0.15) is 35.2 Å². The highest BCUT2D eigenvalue weighted by Gasteiger charge is 2.32. The van der Waals surface area contributed by atoms with Crippen LogP contribution in [-0.4, -0.2) is 29.1 Å². The van der Waals surface area contributed by atoms with E-state index >= 15 is 0 Å². The summed E-state index contributed by atoms with van der Waals surface area (Å²) in [6, 6.07) is 12.6. The molecule has 1 aliphatic heterocycles. The molecule has 0 saturated carbocycles. The molecule has 0 aromatic heterocycles. The Bertz CT molecular complexity index is 816. The van der Waals surface area contributed by atoms with Crippen LogP contribution in [0.3, 0.4) is 0 Å². The van der Waals surface area contributed by atoms with Gasteiger partial charge in [-0.15, -0.1) is 0 Å². The van der Waals surface area contributed by atoms with E-state index in [1.165, 1.54) is 16.7 Å². The van der Waals surface area contributed by atoms with E-state index < -0.39 is 5.97 Å². The van der Waals surface area contributed by atoms with Crippen LogP contribution in [0, 0.1) is 19.8 Å². The molecule has 1 saturated heterocycles. The van der Waals surface area contributed by atoms with Crippen LogP contribution in [0.25, 0.3) is 0 Å². The fraction of sp³-hybridized carbons (Fsp3) is 0.381. The molecule has 0 aliphatic carbocycles. The Morgan fingerprint density at radius 1 is 1.23 bits per heavy atom. The summed E-state index contributed by atoms with van der Waals surface area (Å²) in [5.74, 6) is -0.912. The average molecular weight is 373 g/mol. The highest BCUT2D eigenvalue weighted by molar-refractivity contribution is 6.31. The van der Waals surface area contributed by atoms with Gasteiger partial charge in [-0.2, -0.15) is 0 Å². The smallest absolute Gasteiger partial charge is 0.309 e. The molecule has 1 fully saturated rings. The molecule has 2 aromatic carbocycles. The van der Waals surface area contributed by atoms with E-state index in [1.807, 2.05) is 19.1 Å². The maximum Gasteiger partial charge on any atom is 0.309 e. The van der Waals surface area contributed by atoms with Crippen LogP contribution in [0.5, 0.6) is 0 Å². The number of carboxylic acids is 1. The lowest BCUT2D eigenvalue weighted by atomic mass is 9.98. The topological polar surface area (TPSA) is 52.6 Å². The normalized spacial score (nSPS) is 16.2. The third-order valence-electron chi connectivity index (χ3n) is 5.11. The summed E-state index contributed by atoms with van der Waals surface area (Å²) in [7, 11) is 0. The molecule has 0 amide bonds. The predicted molar refractivity (Wildman–Crippen MR) is 106 cm³/mol. The van der Waals surface area contributed by atoms with E-state index in [0.29, 0.717) is 13.1 Å². The maximum absolute atomic E-state index is 11.0. The number of benzene rings is 2. The largest absolute Gasteiger partial charge is 0.481 e. The Hall–Kier alpha value is -2.04. The number of aryl methyl sites for hydroxylation is 2. The van der Waals surface area contributed by atoms with Gasteiger partial charge in [0, 0.05) is 36.4 Å². The van der Waals surface area contributed by atoms with Gasteiger partial charge in [0.05, 0.1) is 5.92 Å². The summed E-state index contributed by atoms with van der Waals surface area (Å²) in [6.45, 7) is 8.30. The van der Waals surface area contributed by atoms with Gasteiger partial charge in [-0.05, 0) is 61.2 Å². The Morgan fingerprint density at radius 3 is 2.62 bits per heavy atom. The highest BCUT2D eigenvalue weighted by atomic mass is 35.5. The zero-order chi connectivity index (χ0) is 18.8. The van der Waals surface area contributed by atoms with E-state index in [2.05, 4.69) is 48.3 Å². The van der Waals surface area contributed by atoms with E-state index in [4.69, 9.17) is 16.7 Å². The van der Waals surface area contributed by atoms with E-state index in [-0.39, 0.29) is 12.0 Å².